The van der Waals surface area contributed by atoms with E-state index in [-0.39, 0.29) is 28.8 Å². The number of halogens is 2. The van der Waals surface area contributed by atoms with Crippen LogP contribution in [0.15, 0.2) is 48.9 Å². The van der Waals surface area contributed by atoms with Gasteiger partial charge in [0.25, 0.3) is 0 Å². The van der Waals surface area contributed by atoms with E-state index in [1.807, 2.05) is 6.07 Å². The van der Waals surface area contributed by atoms with Gasteiger partial charge in [-0.1, -0.05) is 26.7 Å². The molecule has 4 N–H and O–H groups in total. The fourth-order valence-electron chi connectivity index (χ4n) is 6.40. The van der Waals surface area contributed by atoms with Gasteiger partial charge in [0.2, 0.25) is 5.95 Å². The van der Waals surface area contributed by atoms with Crippen LogP contribution in [0.25, 0.3) is 16.8 Å². The molecular weight excluding hydrogens is 498 g/mol. The van der Waals surface area contributed by atoms with Crippen molar-refractivity contribution in [2.24, 2.45) is 17.6 Å². The van der Waals surface area contributed by atoms with Crippen LogP contribution >= 0.6 is 0 Å². The van der Waals surface area contributed by atoms with E-state index in [4.69, 9.17) is 5.73 Å². The van der Waals surface area contributed by atoms with Crippen LogP contribution < -0.4 is 11.1 Å². The molecule has 9 heteroatoms. The Morgan fingerprint density at radius 1 is 1.05 bits per heavy atom. The van der Waals surface area contributed by atoms with Crippen LogP contribution in [-0.4, -0.2) is 30.7 Å². The summed E-state index contributed by atoms with van der Waals surface area (Å²) in [6, 6.07) is 7.92. The van der Waals surface area contributed by atoms with E-state index in [9.17, 15) is 5.11 Å². The molecule has 0 saturated heterocycles. The number of fused-ring (bicyclic) bond motifs is 1. The lowest BCUT2D eigenvalue weighted by atomic mass is 9.71. The highest BCUT2D eigenvalue weighted by atomic mass is 19.1. The van der Waals surface area contributed by atoms with Gasteiger partial charge in [-0.25, -0.2) is 13.8 Å². The molecule has 1 aromatic carbocycles. The van der Waals surface area contributed by atoms with Crippen LogP contribution in [0.4, 0.5) is 20.4 Å². The molecule has 0 spiro atoms. The van der Waals surface area contributed by atoms with E-state index >= 15 is 8.78 Å². The first-order valence-corrected chi connectivity index (χ1v) is 13.8. The quantitative estimate of drug-likeness (QED) is 0.289. The Bertz CT molecular complexity index is 1480. The van der Waals surface area contributed by atoms with Crippen LogP contribution in [0.1, 0.15) is 69.4 Å². The summed E-state index contributed by atoms with van der Waals surface area (Å²) in [4.78, 5) is 8.81. The minimum Gasteiger partial charge on any atom is -0.385 e. The van der Waals surface area contributed by atoms with E-state index < -0.39 is 17.2 Å². The average Bonchev–Trinajstić information content (AvgIpc) is 3.54. The topological polar surface area (TPSA) is 101 Å². The monoisotopic (exact) mass is 532 g/mol. The fraction of sp³-hybridized carbons (Fsp3) is 0.433. The Balaban J connectivity index is 1.33. The van der Waals surface area contributed by atoms with Crippen molar-refractivity contribution in [2.45, 2.75) is 69.9 Å². The van der Waals surface area contributed by atoms with Gasteiger partial charge >= 0.3 is 0 Å². The Labute approximate surface area is 226 Å². The summed E-state index contributed by atoms with van der Waals surface area (Å²) < 4.78 is 32.1. The Morgan fingerprint density at radius 3 is 2.51 bits per heavy atom. The second kappa shape index (κ2) is 9.95. The summed E-state index contributed by atoms with van der Waals surface area (Å²) in [5, 5.41) is 18.8. The number of hydrogen-bond donors (Lipinski definition) is 3. The fourth-order valence-corrected chi connectivity index (χ4v) is 6.40. The zero-order valence-electron chi connectivity index (χ0n) is 22.2. The largest absolute Gasteiger partial charge is 0.385 e. The van der Waals surface area contributed by atoms with E-state index in [2.05, 4.69) is 34.2 Å². The summed E-state index contributed by atoms with van der Waals surface area (Å²) in [6.07, 6.45) is 9.79. The lowest BCUT2D eigenvalue weighted by molar-refractivity contribution is 0.0438. The molecule has 0 amide bonds. The number of imidazole rings is 1. The minimum atomic E-state index is -1.18. The van der Waals surface area contributed by atoms with Crippen molar-refractivity contribution < 1.29 is 13.9 Å². The average molecular weight is 533 g/mol. The first-order chi connectivity index (χ1) is 18.7. The highest BCUT2D eigenvalue weighted by Crippen LogP contribution is 2.42. The normalized spacial score (nSPS) is 24.8. The van der Waals surface area contributed by atoms with Gasteiger partial charge in [-0.05, 0) is 84.9 Å². The number of anilines is 2. The van der Waals surface area contributed by atoms with Gasteiger partial charge in [-0.2, -0.15) is 9.61 Å². The molecule has 7 nitrogen and oxygen atoms in total. The van der Waals surface area contributed by atoms with Gasteiger partial charge < -0.3 is 16.2 Å². The zero-order valence-corrected chi connectivity index (χ0v) is 22.2. The summed E-state index contributed by atoms with van der Waals surface area (Å²) in [5.41, 5.74) is 8.06. The SMILES string of the molecule is CC1CC(c2ccncc2Nc2ncc3ccc(-c4c(F)cc(C5(O)CCCC5)cc4F)nn23)CC(N)C1C. The smallest absolute Gasteiger partial charge is 0.229 e. The molecule has 0 bridgehead atoms. The van der Waals surface area contributed by atoms with Crippen molar-refractivity contribution in [1.82, 2.24) is 19.6 Å². The van der Waals surface area contributed by atoms with Crippen molar-refractivity contribution in [2.75, 3.05) is 5.32 Å². The van der Waals surface area contributed by atoms with Gasteiger partial charge in [-0.3, -0.25) is 4.98 Å². The molecule has 3 heterocycles. The van der Waals surface area contributed by atoms with Crippen LogP contribution in [0.3, 0.4) is 0 Å². The molecule has 2 aliphatic carbocycles. The third kappa shape index (κ3) is 4.67. The molecule has 2 saturated carbocycles. The highest BCUT2D eigenvalue weighted by Gasteiger charge is 2.35. The van der Waals surface area contributed by atoms with Crippen molar-refractivity contribution in [3.63, 3.8) is 0 Å². The number of nitrogens with zero attached hydrogens (tertiary/aromatic N) is 4. The number of hydrogen-bond acceptors (Lipinski definition) is 6. The van der Waals surface area contributed by atoms with Gasteiger partial charge in [0, 0.05) is 12.2 Å². The van der Waals surface area contributed by atoms with Crippen molar-refractivity contribution in [1.29, 1.82) is 0 Å². The van der Waals surface area contributed by atoms with E-state index in [1.165, 1.54) is 12.1 Å². The third-order valence-corrected chi connectivity index (χ3v) is 8.98. The van der Waals surface area contributed by atoms with E-state index in [1.54, 1.807) is 35.2 Å². The number of aromatic nitrogens is 4. The Morgan fingerprint density at radius 2 is 1.79 bits per heavy atom. The van der Waals surface area contributed by atoms with Gasteiger partial charge in [0.05, 0.1) is 40.5 Å². The lowest BCUT2D eigenvalue weighted by Crippen LogP contribution is -2.39. The maximum absolute atomic E-state index is 15.3. The molecule has 2 fully saturated rings. The first kappa shape index (κ1) is 25.8. The third-order valence-electron chi connectivity index (χ3n) is 8.98. The maximum atomic E-state index is 15.3. The summed E-state index contributed by atoms with van der Waals surface area (Å²) >= 11 is 0. The molecule has 0 aliphatic heterocycles. The molecular formula is C30H34F2N6O. The molecule has 4 unspecified atom stereocenters. The molecule has 39 heavy (non-hydrogen) atoms. The Kier molecular flexibility index (Phi) is 6.59. The first-order valence-electron chi connectivity index (χ1n) is 13.8. The molecule has 0 radical (unpaired) electrons. The zero-order chi connectivity index (χ0) is 27.3. The van der Waals surface area contributed by atoms with Crippen molar-refractivity contribution in [3.05, 3.63) is 71.7 Å². The van der Waals surface area contributed by atoms with Crippen LogP contribution in [0, 0.1) is 23.5 Å². The Hall–Kier alpha value is -3.43. The van der Waals surface area contributed by atoms with Gasteiger partial charge in [0.1, 0.15) is 11.6 Å². The van der Waals surface area contributed by atoms with Gasteiger partial charge in [-0.15, -0.1) is 0 Å². The highest BCUT2D eigenvalue weighted by molar-refractivity contribution is 5.66. The van der Waals surface area contributed by atoms with Crippen LogP contribution in [-0.2, 0) is 5.60 Å². The van der Waals surface area contributed by atoms with Crippen LogP contribution in [0.2, 0.25) is 0 Å². The summed E-state index contributed by atoms with van der Waals surface area (Å²) in [5.74, 6) is 0.163. The molecule has 4 atom stereocenters. The molecule has 204 valence electrons. The number of nitrogens with two attached hydrogens (primary N) is 1. The maximum Gasteiger partial charge on any atom is 0.229 e. The predicted molar refractivity (Wildman–Crippen MR) is 147 cm³/mol. The lowest BCUT2D eigenvalue weighted by Gasteiger charge is -2.37. The summed E-state index contributed by atoms with van der Waals surface area (Å²) in [7, 11) is 0. The number of rotatable bonds is 5. The van der Waals surface area contributed by atoms with Crippen LogP contribution in [0.5, 0.6) is 0 Å². The minimum absolute atomic E-state index is 0.127. The molecule has 6 rings (SSSR count). The number of benzene rings is 1. The molecule has 3 aromatic heterocycles. The van der Waals surface area contributed by atoms with Crippen molar-refractivity contribution >= 4 is 17.2 Å². The predicted octanol–water partition coefficient (Wildman–Crippen LogP) is 6.05. The summed E-state index contributed by atoms with van der Waals surface area (Å²) in [6.45, 7) is 4.46. The van der Waals surface area contributed by atoms with Gasteiger partial charge in [0.15, 0.2) is 0 Å². The van der Waals surface area contributed by atoms with Crippen molar-refractivity contribution in [3.8, 4) is 11.3 Å². The number of aliphatic hydroxyl groups is 1. The second-order valence-electron chi connectivity index (χ2n) is 11.4. The standard InChI is InChI=1S/C30H34F2N6O/c1-17-11-19(12-25(33)18(17)2)22-7-10-34-16-27(22)36-29-35-15-21-5-6-26(37-38(21)29)28-23(31)13-20(14-24(28)32)30(39)8-3-4-9-30/h5-7,10,13-19,25,39H,3-4,8-9,11-12,33H2,1-2H3,(H,35,36). The second-order valence-corrected chi connectivity index (χ2v) is 11.4. The molecule has 4 aromatic rings. The van der Waals surface area contributed by atoms with E-state index in [0.717, 1.165) is 36.9 Å². The number of nitrogens with one attached hydrogen (secondary N) is 1. The van der Waals surface area contributed by atoms with E-state index in [0.29, 0.717) is 36.1 Å². The molecule has 2 aliphatic rings. The number of pyridine rings is 1.